The molecule has 1 heterocycles. The Bertz CT molecular complexity index is 727. The van der Waals surface area contributed by atoms with Crippen LogP contribution in [-0.2, 0) is 9.59 Å². The molecule has 4 atom stereocenters. The molecule has 4 aliphatic rings. The predicted octanol–water partition coefficient (Wildman–Crippen LogP) is 3.52. The topological polar surface area (TPSA) is 49.7 Å². The summed E-state index contributed by atoms with van der Waals surface area (Å²) < 4.78 is 0. The summed E-state index contributed by atoms with van der Waals surface area (Å²) >= 11 is 11.9. The fourth-order valence-electron chi connectivity index (χ4n) is 3.90. The van der Waals surface area contributed by atoms with Crippen LogP contribution in [-0.4, -0.2) is 23.0 Å². The van der Waals surface area contributed by atoms with Crippen LogP contribution in [0.25, 0.3) is 0 Å². The van der Waals surface area contributed by atoms with Crippen LogP contribution in [0.1, 0.15) is 18.4 Å². The first kappa shape index (κ1) is 14.9. The molecule has 1 aromatic carbocycles. The summed E-state index contributed by atoms with van der Waals surface area (Å²) in [5, 5.41) is 6.10. The van der Waals surface area contributed by atoms with Crippen molar-refractivity contribution < 1.29 is 9.59 Å². The van der Waals surface area contributed by atoms with Crippen LogP contribution in [0.2, 0.25) is 10.0 Å². The first-order valence-electron chi connectivity index (χ1n) is 7.61. The zero-order valence-electron chi connectivity index (χ0n) is 12.2. The van der Waals surface area contributed by atoms with Gasteiger partial charge in [0, 0.05) is 10.6 Å². The van der Waals surface area contributed by atoms with Crippen LogP contribution in [0, 0.1) is 23.7 Å². The van der Waals surface area contributed by atoms with Gasteiger partial charge in [0.05, 0.1) is 23.1 Å². The predicted molar refractivity (Wildman–Crippen MR) is 88.2 cm³/mol. The molecule has 3 aliphatic carbocycles. The van der Waals surface area contributed by atoms with Crippen molar-refractivity contribution in [3.63, 3.8) is 0 Å². The van der Waals surface area contributed by atoms with Gasteiger partial charge in [0.25, 0.3) is 11.8 Å². The number of allylic oxidation sites excluding steroid dienone is 2. The highest BCUT2D eigenvalue weighted by atomic mass is 35.5. The normalized spacial score (nSPS) is 32.2. The van der Waals surface area contributed by atoms with Gasteiger partial charge in [-0.3, -0.25) is 9.59 Å². The van der Waals surface area contributed by atoms with Crippen LogP contribution < -0.4 is 0 Å². The number of nitrogens with zero attached hydrogens (tertiary/aromatic N) is 2. The maximum Gasteiger partial charge on any atom is 0.254 e. The highest BCUT2D eigenvalue weighted by molar-refractivity contribution is 6.36. The van der Waals surface area contributed by atoms with Gasteiger partial charge in [-0.25, -0.2) is 0 Å². The lowest BCUT2D eigenvalue weighted by Gasteiger charge is -2.37. The Hall–Kier alpha value is -1.65. The third-order valence-corrected chi connectivity index (χ3v) is 5.57. The van der Waals surface area contributed by atoms with Gasteiger partial charge in [0.2, 0.25) is 0 Å². The Kier molecular flexibility index (Phi) is 3.54. The number of hydrogen-bond acceptors (Lipinski definition) is 3. The largest absolute Gasteiger partial charge is 0.272 e. The number of hydrazone groups is 1. The molecule has 0 spiro atoms. The summed E-state index contributed by atoms with van der Waals surface area (Å²) in [6.07, 6.45) is 7.57. The number of carbonyl (C=O) groups is 2. The fraction of sp³-hybridized carbons (Fsp3) is 0.353. The molecule has 1 aromatic rings. The Labute approximate surface area is 143 Å². The van der Waals surface area contributed by atoms with Crippen LogP contribution in [0.5, 0.6) is 0 Å². The quantitative estimate of drug-likeness (QED) is 0.466. The number of imide groups is 1. The van der Waals surface area contributed by atoms with Crippen LogP contribution in [0.15, 0.2) is 35.5 Å². The maximum absolute atomic E-state index is 12.6. The monoisotopic (exact) mass is 348 g/mol. The van der Waals surface area contributed by atoms with E-state index >= 15 is 0 Å². The lowest BCUT2D eigenvalue weighted by atomic mass is 9.63. The van der Waals surface area contributed by atoms with Gasteiger partial charge in [-0.05, 0) is 36.8 Å². The summed E-state index contributed by atoms with van der Waals surface area (Å²) in [4.78, 5) is 25.2. The second-order valence-corrected chi connectivity index (χ2v) is 7.08. The van der Waals surface area contributed by atoms with E-state index in [1.54, 1.807) is 18.2 Å². The van der Waals surface area contributed by atoms with Gasteiger partial charge in [0.1, 0.15) is 0 Å². The third kappa shape index (κ3) is 2.32. The summed E-state index contributed by atoms with van der Waals surface area (Å²) in [5.41, 5.74) is 0.618. The zero-order valence-corrected chi connectivity index (χ0v) is 13.7. The van der Waals surface area contributed by atoms with E-state index in [2.05, 4.69) is 17.3 Å². The molecule has 1 saturated heterocycles. The fourth-order valence-corrected chi connectivity index (χ4v) is 4.36. The Balaban J connectivity index is 1.62. The third-order valence-electron chi connectivity index (χ3n) is 5.01. The van der Waals surface area contributed by atoms with E-state index in [-0.39, 0.29) is 35.5 Å². The van der Waals surface area contributed by atoms with Crippen molar-refractivity contribution in [3.05, 3.63) is 46.0 Å². The number of carbonyl (C=O) groups excluding carboxylic acids is 2. The van der Waals surface area contributed by atoms with E-state index in [4.69, 9.17) is 23.2 Å². The number of hydrogen-bond donors (Lipinski definition) is 0. The molecule has 5 rings (SSSR count). The standard InChI is InChI=1S/C17H14Cl2N2O2/c18-12-6-5-11(13(19)7-12)8-20-21-16(22)14-9-1-2-10(4-3-9)15(14)17(21)23/h1-2,5-10,14-15H,3-4H2/b20-8-/t9-,10-,14-,15+/m1/s1. The molecule has 2 fully saturated rings. The van der Waals surface area contributed by atoms with Crippen LogP contribution in [0.3, 0.4) is 0 Å². The van der Waals surface area contributed by atoms with E-state index in [9.17, 15) is 9.59 Å². The minimum atomic E-state index is -0.246. The second kappa shape index (κ2) is 5.46. The van der Waals surface area contributed by atoms with Gasteiger partial charge >= 0.3 is 0 Å². The lowest BCUT2D eigenvalue weighted by molar-refractivity contribution is -0.140. The summed E-state index contributed by atoms with van der Waals surface area (Å²) in [5.74, 6) is -0.546. The summed E-state index contributed by atoms with van der Waals surface area (Å²) in [6.45, 7) is 0. The minimum Gasteiger partial charge on any atom is -0.272 e. The maximum atomic E-state index is 12.6. The molecule has 1 aliphatic heterocycles. The van der Waals surface area contributed by atoms with E-state index in [1.807, 2.05) is 0 Å². The Morgan fingerprint density at radius 1 is 1.04 bits per heavy atom. The first-order valence-corrected chi connectivity index (χ1v) is 8.37. The van der Waals surface area contributed by atoms with Gasteiger partial charge in [0.15, 0.2) is 0 Å². The number of benzene rings is 1. The molecule has 2 bridgehead atoms. The lowest BCUT2D eigenvalue weighted by Crippen LogP contribution is -2.38. The average Bonchev–Trinajstić information content (AvgIpc) is 2.82. The van der Waals surface area contributed by atoms with Crippen molar-refractivity contribution in [1.82, 2.24) is 5.01 Å². The molecule has 0 N–H and O–H groups in total. The van der Waals surface area contributed by atoms with E-state index in [1.165, 1.54) is 6.21 Å². The average molecular weight is 349 g/mol. The molecule has 23 heavy (non-hydrogen) atoms. The smallest absolute Gasteiger partial charge is 0.254 e. The Morgan fingerprint density at radius 3 is 2.17 bits per heavy atom. The molecule has 0 unspecified atom stereocenters. The second-order valence-electron chi connectivity index (χ2n) is 6.24. The van der Waals surface area contributed by atoms with Gasteiger partial charge < -0.3 is 0 Å². The van der Waals surface area contributed by atoms with Gasteiger partial charge in [-0.1, -0.05) is 41.4 Å². The molecule has 0 aromatic heterocycles. The Morgan fingerprint density at radius 2 is 1.65 bits per heavy atom. The summed E-state index contributed by atoms with van der Waals surface area (Å²) in [6, 6.07) is 4.99. The van der Waals surface area contributed by atoms with Crippen molar-refractivity contribution in [3.8, 4) is 0 Å². The van der Waals surface area contributed by atoms with Crippen molar-refractivity contribution >= 4 is 41.2 Å². The molecule has 6 heteroatoms. The van der Waals surface area contributed by atoms with Gasteiger partial charge in [-0.2, -0.15) is 10.1 Å². The van der Waals surface area contributed by atoms with Gasteiger partial charge in [-0.15, -0.1) is 0 Å². The number of fused-ring (bicyclic) bond motifs is 1. The molecule has 2 amide bonds. The number of rotatable bonds is 2. The molecule has 0 radical (unpaired) electrons. The SMILES string of the molecule is O=C1[C@@H]2[C@H](C(=O)N1/N=C\c1ccc(Cl)cc1Cl)[C@@H]1C=C[C@@H]2CC1. The van der Waals surface area contributed by atoms with Crippen molar-refractivity contribution in [1.29, 1.82) is 0 Å². The highest BCUT2D eigenvalue weighted by Crippen LogP contribution is 2.49. The van der Waals surface area contributed by atoms with Crippen molar-refractivity contribution in [2.45, 2.75) is 12.8 Å². The van der Waals surface area contributed by atoms with E-state index in [0.717, 1.165) is 17.9 Å². The van der Waals surface area contributed by atoms with Crippen molar-refractivity contribution in [2.24, 2.45) is 28.8 Å². The highest BCUT2D eigenvalue weighted by Gasteiger charge is 2.56. The van der Waals surface area contributed by atoms with E-state index < -0.39 is 0 Å². The van der Waals surface area contributed by atoms with Crippen LogP contribution >= 0.6 is 23.2 Å². The first-order chi connectivity index (χ1) is 11.1. The minimum absolute atomic E-state index is 0.167. The molecule has 118 valence electrons. The summed E-state index contributed by atoms with van der Waals surface area (Å²) in [7, 11) is 0. The molecular weight excluding hydrogens is 335 g/mol. The number of halogens is 2. The number of amides is 2. The van der Waals surface area contributed by atoms with E-state index in [0.29, 0.717) is 15.6 Å². The molecule has 4 nitrogen and oxygen atoms in total. The van der Waals surface area contributed by atoms with Crippen molar-refractivity contribution in [2.75, 3.05) is 0 Å². The molecular formula is C17H14Cl2N2O2. The molecule has 1 saturated carbocycles. The zero-order chi connectivity index (χ0) is 16.1. The van der Waals surface area contributed by atoms with Crippen LogP contribution in [0.4, 0.5) is 0 Å².